The summed E-state index contributed by atoms with van der Waals surface area (Å²) in [6.45, 7) is -6.79. The Hall–Kier alpha value is -0.680. The first-order chi connectivity index (χ1) is 14.3. The van der Waals surface area contributed by atoms with Crippen LogP contribution in [0.25, 0.3) is 0 Å². The van der Waals surface area contributed by atoms with Crippen LogP contribution in [0.3, 0.4) is 0 Å². The van der Waals surface area contributed by atoms with Crippen molar-refractivity contribution < 1.29 is 61.2 Å². The molecule has 1 aromatic heterocycles. The number of rotatable bonds is 9. The van der Waals surface area contributed by atoms with Gasteiger partial charge >= 0.3 is 28.1 Å². The number of halogens is 1. The molecule has 1 aliphatic heterocycles. The highest BCUT2D eigenvalue weighted by Crippen LogP contribution is 2.66. The maximum absolute atomic E-state index is 13.9. The van der Waals surface area contributed by atoms with Gasteiger partial charge in [-0.2, -0.15) is 4.31 Å². The molecule has 0 radical (unpaired) electrons. The zero-order chi connectivity index (χ0) is 24.8. The molecule has 16 nitrogen and oxygen atoms in total. The zero-order valence-corrected chi connectivity index (χ0v) is 19.2. The molecule has 6 unspecified atom stereocenters. The van der Waals surface area contributed by atoms with Gasteiger partial charge in [0.1, 0.15) is 18.4 Å². The largest absolute Gasteiger partial charge is 0.488 e. The lowest BCUT2D eigenvalue weighted by Crippen LogP contribution is -2.53. The summed E-state index contributed by atoms with van der Waals surface area (Å²) in [5.74, 6) is 0. The van der Waals surface area contributed by atoms with Crippen molar-refractivity contribution in [2.45, 2.75) is 30.5 Å². The molecule has 1 aliphatic rings. The number of ether oxygens (including phenoxy) is 1. The molecule has 0 saturated carbocycles. The smallest absolute Gasteiger partial charge is 0.387 e. The second kappa shape index (κ2) is 9.17. The summed E-state index contributed by atoms with van der Waals surface area (Å²) in [5.41, 5.74) is -6.79. The predicted octanol–water partition coefficient (Wildman–Crippen LogP) is -1.65. The molecular weight excluding hydrogens is 528 g/mol. The second-order valence-electron chi connectivity index (χ2n) is 6.68. The predicted molar refractivity (Wildman–Crippen MR) is 103 cm³/mol. The molecule has 0 spiro atoms. The van der Waals surface area contributed by atoms with Crippen molar-refractivity contribution in [1.82, 2.24) is 9.55 Å². The lowest BCUT2D eigenvalue weighted by Gasteiger charge is -2.31. The van der Waals surface area contributed by atoms with E-state index in [2.05, 4.69) is 25.0 Å². The van der Waals surface area contributed by atoms with Crippen LogP contribution in [0.4, 0.5) is 4.39 Å². The standard InChI is InChI=1S/C11H18FN2O14P3S/c1-10(18)7(16)11(4-12,26-8(10)14-3-2-6(15)13-9(14)17)5-25-31(24,32)28-30(22,23)27-29(19,20)21/h2-3,7-8,16,18H,4-5H2,1H3,(H,22,23)(H,24,32)(H,13,15,17)(H2,19,20,21). The van der Waals surface area contributed by atoms with Crippen LogP contribution in [0, 0.1) is 0 Å². The summed E-state index contributed by atoms with van der Waals surface area (Å²) >= 11 is 4.41. The third-order valence-corrected chi connectivity index (χ3v) is 8.82. The van der Waals surface area contributed by atoms with Gasteiger partial charge in [0.15, 0.2) is 11.8 Å². The number of aliphatic hydroxyl groups is 2. The van der Waals surface area contributed by atoms with Gasteiger partial charge in [0.25, 0.3) is 5.56 Å². The summed E-state index contributed by atoms with van der Waals surface area (Å²) in [6, 6.07) is 0.875. The molecule has 6 atom stereocenters. The summed E-state index contributed by atoms with van der Waals surface area (Å²) in [4.78, 5) is 61.4. The maximum atomic E-state index is 13.9. The van der Waals surface area contributed by atoms with Gasteiger partial charge in [0.2, 0.25) is 0 Å². The molecule has 1 fully saturated rings. The zero-order valence-electron chi connectivity index (χ0n) is 15.7. The first kappa shape index (κ1) is 27.6. The molecule has 2 heterocycles. The van der Waals surface area contributed by atoms with Crippen molar-refractivity contribution in [3.8, 4) is 0 Å². The van der Waals surface area contributed by atoms with Crippen LogP contribution in [0.5, 0.6) is 0 Å². The monoisotopic (exact) mass is 546 g/mol. The number of phosphoric acid groups is 2. The Balaban J connectivity index is 2.28. The van der Waals surface area contributed by atoms with Gasteiger partial charge in [-0.25, -0.2) is 22.6 Å². The Bertz CT molecular complexity index is 1120. The SMILES string of the molecule is CC1(O)C(n2ccc(=O)[nH]c2=O)OC(CF)(COP(O)(=S)OP(=O)(O)OP(=O)(O)O)C1O. The van der Waals surface area contributed by atoms with E-state index in [1.54, 1.807) is 0 Å². The lowest BCUT2D eigenvalue weighted by molar-refractivity contribution is -0.136. The molecule has 1 saturated heterocycles. The number of alkyl halides is 1. The van der Waals surface area contributed by atoms with Gasteiger partial charge < -0.3 is 39.0 Å². The van der Waals surface area contributed by atoms with Crippen LogP contribution >= 0.6 is 22.4 Å². The summed E-state index contributed by atoms with van der Waals surface area (Å²) in [5, 5.41) is 21.1. The summed E-state index contributed by atoms with van der Waals surface area (Å²) in [7, 11) is -11.2. The average molecular weight is 546 g/mol. The van der Waals surface area contributed by atoms with E-state index in [9.17, 15) is 43.1 Å². The number of hydrogen-bond donors (Lipinski definition) is 7. The average Bonchev–Trinajstić information content (AvgIpc) is 2.78. The minimum absolute atomic E-state index is 0.628. The number of nitrogens with zero attached hydrogens (tertiary/aromatic N) is 1. The van der Waals surface area contributed by atoms with E-state index < -0.39 is 70.4 Å². The molecule has 32 heavy (non-hydrogen) atoms. The third-order valence-electron chi connectivity index (χ3n) is 4.12. The fourth-order valence-electron chi connectivity index (χ4n) is 2.77. The molecular formula is C11H18FN2O14P3S. The minimum atomic E-state index is -5.66. The van der Waals surface area contributed by atoms with Gasteiger partial charge in [-0.15, -0.1) is 0 Å². The van der Waals surface area contributed by atoms with Crippen LogP contribution in [-0.2, 0) is 38.8 Å². The highest BCUT2D eigenvalue weighted by atomic mass is 32.5. The Morgan fingerprint density at radius 3 is 2.38 bits per heavy atom. The molecule has 0 bridgehead atoms. The summed E-state index contributed by atoms with van der Waals surface area (Å²) < 4.78 is 54.2. The van der Waals surface area contributed by atoms with Gasteiger partial charge in [0, 0.05) is 12.3 Å². The van der Waals surface area contributed by atoms with Crippen LogP contribution in [0.15, 0.2) is 21.9 Å². The van der Waals surface area contributed by atoms with E-state index >= 15 is 0 Å². The van der Waals surface area contributed by atoms with Gasteiger partial charge in [-0.05, 0) is 18.7 Å². The first-order valence-electron chi connectivity index (χ1n) is 8.08. The molecule has 0 amide bonds. The fourth-order valence-corrected chi connectivity index (χ4v) is 6.77. The number of aromatic amines is 1. The van der Waals surface area contributed by atoms with Gasteiger partial charge in [-0.1, -0.05) is 0 Å². The van der Waals surface area contributed by atoms with E-state index in [1.807, 2.05) is 4.98 Å². The van der Waals surface area contributed by atoms with Crippen LogP contribution in [0.2, 0.25) is 0 Å². The van der Waals surface area contributed by atoms with E-state index in [4.69, 9.17) is 14.5 Å². The molecule has 2 rings (SSSR count). The molecule has 7 N–H and O–H groups in total. The maximum Gasteiger partial charge on any atom is 0.488 e. The number of hydrogen-bond acceptors (Lipinski definition) is 11. The Labute approximate surface area is 182 Å². The highest BCUT2D eigenvalue weighted by Gasteiger charge is 2.62. The van der Waals surface area contributed by atoms with Crippen LogP contribution in [0.1, 0.15) is 13.2 Å². The van der Waals surface area contributed by atoms with Crippen molar-refractivity contribution in [1.29, 1.82) is 0 Å². The van der Waals surface area contributed by atoms with E-state index in [0.717, 1.165) is 19.2 Å². The highest BCUT2D eigenvalue weighted by molar-refractivity contribution is 8.08. The van der Waals surface area contributed by atoms with Gasteiger partial charge in [0.05, 0.1) is 6.61 Å². The quantitative estimate of drug-likeness (QED) is 0.171. The Kier molecular flexibility index (Phi) is 7.90. The third kappa shape index (κ3) is 6.25. The number of nitrogens with one attached hydrogen (secondary N) is 1. The second-order valence-corrected chi connectivity index (χ2v) is 12.5. The van der Waals surface area contributed by atoms with Crippen molar-refractivity contribution >= 4 is 34.2 Å². The number of aromatic nitrogens is 2. The van der Waals surface area contributed by atoms with Crippen LogP contribution < -0.4 is 11.2 Å². The molecule has 0 aromatic carbocycles. The lowest BCUT2D eigenvalue weighted by atomic mass is 9.88. The fraction of sp³-hybridized carbons (Fsp3) is 0.636. The van der Waals surface area contributed by atoms with Crippen molar-refractivity contribution in [2.24, 2.45) is 0 Å². The molecule has 0 aliphatic carbocycles. The first-order valence-corrected chi connectivity index (χ1v) is 13.7. The molecule has 184 valence electrons. The Morgan fingerprint density at radius 1 is 1.28 bits per heavy atom. The number of aliphatic hydroxyl groups excluding tert-OH is 1. The van der Waals surface area contributed by atoms with Crippen molar-refractivity contribution in [3.05, 3.63) is 33.1 Å². The van der Waals surface area contributed by atoms with Gasteiger partial charge in [-0.3, -0.25) is 14.3 Å². The number of H-pyrrole nitrogens is 1. The molecule has 21 heteroatoms. The topological polar surface area (TPSA) is 247 Å². The summed E-state index contributed by atoms with van der Waals surface area (Å²) in [6.07, 6.45) is -3.06. The van der Waals surface area contributed by atoms with Crippen LogP contribution in [-0.4, -0.2) is 69.9 Å². The molecule has 1 aromatic rings. The van der Waals surface area contributed by atoms with E-state index in [-0.39, 0.29) is 0 Å². The van der Waals surface area contributed by atoms with Crippen molar-refractivity contribution in [2.75, 3.05) is 13.3 Å². The Morgan fingerprint density at radius 2 is 1.88 bits per heavy atom. The van der Waals surface area contributed by atoms with E-state index in [1.165, 1.54) is 0 Å². The normalized spacial score (nSPS) is 32.4. The van der Waals surface area contributed by atoms with Crippen molar-refractivity contribution in [3.63, 3.8) is 0 Å². The van der Waals surface area contributed by atoms with E-state index in [0.29, 0.717) is 4.57 Å². The minimum Gasteiger partial charge on any atom is -0.387 e.